The van der Waals surface area contributed by atoms with Gasteiger partial charge in [0.05, 0.1) is 16.9 Å². The molecule has 1 aromatic rings. The van der Waals surface area contributed by atoms with E-state index >= 15 is 0 Å². The Hall–Kier alpha value is -1.08. The number of halogens is 1. The number of ether oxygens (including phenoxy) is 1. The van der Waals surface area contributed by atoms with E-state index in [1.165, 1.54) is 12.3 Å². The third-order valence-corrected chi connectivity index (χ3v) is 5.99. The molecule has 1 aliphatic rings. The summed E-state index contributed by atoms with van der Waals surface area (Å²) < 4.78 is 29.5. The van der Waals surface area contributed by atoms with Crippen molar-refractivity contribution in [1.29, 1.82) is 0 Å². The molecule has 0 spiro atoms. The molecule has 0 saturated heterocycles. The Balaban J connectivity index is 2.11. The molecule has 0 heterocycles. The normalized spacial score (nSPS) is 22.8. The number of hydrogen-bond acceptors (Lipinski definition) is 4. The lowest BCUT2D eigenvalue weighted by molar-refractivity contribution is 0.0694. The first-order chi connectivity index (χ1) is 9.77. The van der Waals surface area contributed by atoms with E-state index in [1.54, 1.807) is 12.1 Å². The fourth-order valence-electron chi connectivity index (χ4n) is 2.53. The number of aromatic carboxylic acids is 1. The van der Waals surface area contributed by atoms with E-state index < -0.39 is 15.8 Å². The topological polar surface area (TPSA) is 80.7 Å². The Kier molecular flexibility index (Phi) is 4.93. The van der Waals surface area contributed by atoms with Gasteiger partial charge in [-0.3, -0.25) is 0 Å². The summed E-state index contributed by atoms with van der Waals surface area (Å²) in [4.78, 5) is 11.1. The van der Waals surface area contributed by atoms with Crippen molar-refractivity contribution < 1.29 is 23.1 Å². The van der Waals surface area contributed by atoms with Gasteiger partial charge in [-0.2, -0.15) is 0 Å². The van der Waals surface area contributed by atoms with Gasteiger partial charge in [-0.25, -0.2) is 13.2 Å². The minimum Gasteiger partial charge on any atom is -0.490 e. The van der Waals surface area contributed by atoms with E-state index in [4.69, 9.17) is 9.84 Å². The third-order valence-electron chi connectivity index (χ3n) is 3.65. The second-order valence-electron chi connectivity index (χ2n) is 5.30. The summed E-state index contributed by atoms with van der Waals surface area (Å²) in [5.74, 6) is -0.584. The van der Waals surface area contributed by atoms with E-state index in [9.17, 15) is 13.2 Å². The molecule has 1 fully saturated rings. The molecule has 2 unspecified atom stereocenters. The Morgan fingerprint density at radius 3 is 2.71 bits per heavy atom. The Labute approximate surface area is 132 Å². The Morgan fingerprint density at radius 1 is 1.38 bits per heavy atom. The number of benzene rings is 1. The van der Waals surface area contributed by atoms with Gasteiger partial charge >= 0.3 is 5.97 Å². The van der Waals surface area contributed by atoms with Crippen molar-refractivity contribution in [2.45, 2.75) is 37.0 Å². The zero-order valence-electron chi connectivity index (χ0n) is 11.6. The van der Waals surface area contributed by atoms with Crippen LogP contribution in [0.2, 0.25) is 0 Å². The molecular formula is C14H17BrO5S. The average Bonchev–Trinajstić information content (AvgIpc) is 2.40. The van der Waals surface area contributed by atoms with Crippen LogP contribution in [0.5, 0.6) is 5.75 Å². The molecule has 7 heteroatoms. The van der Waals surface area contributed by atoms with Gasteiger partial charge in [-0.05, 0) is 53.4 Å². The second kappa shape index (κ2) is 6.36. The maximum absolute atomic E-state index is 11.6. The maximum Gasteiger partial charge on any atom is 0.336 e. The molecule has 0 aromatic heterocycles. The maximum atomic E-state index is 11.6. The first-order valence-corrected chi connectivity index (χ1v) is 9.40. The SMILES string of the molecule is CS(=O)(=O)C1CCCC(Oc2ccc(Br)c(C(=O)O)c2)C1. The molecule has 0 aliphatic heterocycles. The number of sulfone groups is 1. The Morgan fingerprint density at radius 2 is 2.10 bits per heavy atom. The van der Waals surface area contributed by atoms with Crippen LogP contribution in [0.1, 0.15) is 36.0 Å². The fourth-order valence-corrected chi connectivity index (χ4v) is 4.11. The molecule has 5 nitrogen and oxygen atoms in total. The fraction of sp³-hybridized carbons (Fsp3) is 0.500. The molecule has 1 aliphatic carbocycles. The Bertz CT molecular complexity index is 641. The van der Waals surface area contributed by atoms with Crippen LogP contribution in [0.15, 0.2) is 22.7 Å². The number of hydrogen-bond donors (Lipinski definition) is 1. The van der Waals surface area contributed by atoms with Gasteiger partial charge in [0.15, 0.2) is 0 Å². The summed E-state index contributed by atoms with van der Waals surface area (Å²) in [7, 11) is -3.06. The highest BCUT2D eigenvalue weighted by molar-refractivity contribution is 9.10. The first kappa shape index (κ1) is 16.3. The quantitative estimate of drug-likeness (QED) is 0.873. The van der Waals surface area contributed by atoms with Crippen LogP contribution >= 0.6 is 15.9 Å². The summed E-state index contributed by atoms with van der Waals surface area (Å²) in [5, 5.41) is 8.71. The average molecular weight is 377 g/mol. The van der Waals surface area contributed by atoms with Crippen LogP contribution in [-0.2, 0) is 9.84 Å². The molecule has 2 rings (SSSR count). The molecule has 2 atom stereocenters. The van der Waals surface area contributed by atoms with Crippen LogP contribution in [-0.4, -0.2) is 37.1 Å². The van der Waals surface area contributed by atoms with Crippen LogP contribution < -0.4 is 4.74 Å². The lowest BCUT2D eigenvalue weighted by Gasteiger charge is -2.28. The van der Waals surface area contributed by atoms with Crippen LogP contribution in [0, 0.1) is 0 Å². The molecule has 1 aromatic carbocycles. The molecule has 0 bridgehead atoms. The van der Waals surface area contributed by atoms with Crippen LogP contribution in [0.4, 0.5) is 0 Å². The molecular weight excluding hydrogens is 360 g/mol. The molecule has 0 amide bonds. The van der Waals surface area contributed by atoms with Crippen LogP contribution in [0.3, 0.4) is 0 Å². The van der Waals surface area contributed by atoms with Crippen LogP contribution in [0.25, 0.3) is 0 Å². The van der Waals surface area contributed by atoms with Gasteiger partial charge in [0.1, 0.15) is 15.6 Å². The summed E-state index contributed by atoms with van der Waals surface area (Å²) in [6, 6.07) is 4.76. The van der Waals surface area contributed by atoms with Crippen molar-refractivity contribution in [2.24, 2.45) is 0 Å². The van der Waals surface area contributed by atoms with Gasteiger partial charge in [0.2, 0.25) is 0 Å². The van der Waals surface area contributed by atoms with E-state index in [0.29, 0.717) is 23.1 Å². The summed E-state index contributed by atoms with van der Waals surface area (Å²) in [6.45, 7) is 0. The number of carboxylic acids is 1. The monoisotopic (exact) mass is 376 g/mol. The van der Waals surface area contributed by atoms with E-state index in [1.807, 2.05) is 0 Å². The van der Waals surface area contributed by atoms with Gasteiger partial charge in [-0.15, -0.1) is 0 Å². The van der Waals surface area contributed by atoms with Gasteiger partial charge in [0.25, 0.3) is 0 Å². The molecule has 21 heavy (non-hydrogen) atoms. The van der Waals surface area contributed by atoms with E-state index in [2.05, 4.69) is 15.9 Å². The minimum atomic E-state index is -3.06. The predicted octanol–water partition coefficient (Wildman–Crippen LogP) is 2.88. The van der Waals surface area contributed by atoms with Crippen molar-refractivity contribution in [2.75, 3.05) is 6.26 Å². The highest BCUT2D eigenvalue weighted by atomic mass is 79.9. The largest absolute Gasteiger partial charge is 0.490 e. The highest BCUT2D eigenvalue weighted by Crippen LogP contribution is 2.29. The number of rotatable bonds is 4. The second-order valence-corrected chi connectivity index (χ2v) is 8.48. The zero-order valence-corrected chi connectivity index (χ0v) is 14.0. The smallest absolute Gasteiger partial charge is 0.336 e. The summed E-state index contributed by atoms with van der Waals surface area (Å²) in [6.07, 6.45) is 3.76. The first-order valence-electron chi connectivity index (χ1n) is 6.65. The lowest BCUT2D eigenvalue weighted by Crippen LogP contribution is -2.33. The minimum absolute atomic E-state index is 0.128. The summed E-state index contributed by atoms with van der Waals surface area (Å²) >= 11 is 3.18. The zero-order chi connectivity index (χ0) is 15.6. The lowest BCUT2D eigenvalue weighted by atomic mass is 9.97. The van der Waals surface area contributed by atoms with Crippen molar-refractivity contribution in [3.8, 4) is 5.75 Å². The molecule has 1 N–H and O–H groups in total. The van der Waals surface area contributed by atoms with Crippen molar-refractivity contribution in [3.05, 3.63) is 28.2 Å². The highest BCUT2D eigenvalue weighted by Gasteiger charge is 2.30. The van der Waals surface area contributed by atoms with E-state index in [0.717, 1.165) is 12.8 Å². The van der Waals surface area contributed by atoms with Crippen molar-refractivity contribution >= 4 is 31.7 Å². The molecule has 1 saturated carbocycles. The number of carbonyl (C=O) groups is 1. The summed E-state index contributed by atoms with van der Waals surface area (Å²) in [5.41, 5.74) is 0.128. The molecule has 0 radical (unpaired) electrons. The molecule has 116 valence electrons. The van der Waals surface area contributed by atoms with Gasteiger partial charge in [-0.1, -0.05) is 0 Å². The van der Waals surface area contributed by atoms with Crippen molar-refractivity contribution in [3.63, 3.8) is 0 Å². The van der Waals surface area contributed by atoms with Gasteiger partial charge < -0.3 is 9.84 Å². The third kappa shape index (κ3) is 4.20. The van der Waals surface area contributed by atoms with Gasteiger partial charge in [0, 0.05) is 17.1 Å². The standard InChI is InChI=1S/C14H17BrO5S/c1-21(18,19)11-4-2-3-9(7-11)20-10-5-6-13(15)12(8-10)14(16)17/h5-6,8-9,11H,2-4,7H2,1H3,(H,16,17). The van der Waals surface area contributed by atoms with E-state index in [-0.39, 0.29) is 16.9 Å². The number of carboxylic acid groups (broad SMARTS) is 1. The predicted molar refractivity (Wildman–Crippen MR) is 82.6 cm³/mol. The van der Waals surface area contributed by atoms with Crippen molar-refractivity contribution in [1.82, 2.24) is 0 Å².